The maximum Gasteiger partial charge on any atom is 0.294 e. The van der Waals surface area contributed by atoms with Gasteiger partial charge in [-0.3, -0.25) is 0 Å². The van der Waals surface area contributed by atoms with Crippen LogP contribution < -0.4 is 0 Å². The minimum atomic E-state index is -3.28. The summed E-state index contributed by atoms with van der Waals surface area (Å²) in [5.41, 5.74) is 3.12. The third kappa shape index (κ3) is 6.12. The van der Waals surface area contributed by atoms with Crippen LogP contribution in [0.15, 0.2) is 65.6 Å². The van der Waals surface area contributed by atoms with Gasteiger partial charge in [0.05, 0.1) is 28.6 Å². The molecule has 1 heterocycles. The minimum Gasteiger partial charge on any atom is -0.375 e. The topological polar surface area (TPSA) is 114 Å². The second-order valence-electron chi connectivity index (χ2n) is 7.05. The van der Waals surface area contributed by atoms with Crippen LogP contribution in [0.25, 0.3) is 16.9 Å². The van der Waals surface area contributed by atoms with E-state index in [-0.39, 0.29) is 18.1 Å². The lowest BCUT2D eigenvalue weighted by Crippen LogP contribution is -2.15. The number of hydrogen-bond acceptors (Lipinski definition) is 7. The predicted molar refractivity (Wildman–Crippen MR) is 114 cm³/mol. The molecule has 1 atom stereocenters. The summed E-state index contributed by atoms with van der Waals surface area (Å²) in [5, 5.41) is 14.2. The summed E-state index contributed by atoms with van der Waals surface area (Å²) < 4.78 is 30.9. The standard InChI is InChI=1S/C21H23N3O6S/c1-16(30-24(25)26)12-13-29-15-18-14-21(23(22-18)19-6-4-3-5-7-19)17-8-10-20(11-9-17)31(2,27)28/h3-11,14,16H,12-13,15H2,1-2H3. The monoisotopic (exact) mass is 445 g/mol. The highest BCUT2D eigenvalue weighted by Gasteiger charge is 2.14. The van der Waals surface area contributed by atoms with Gasteiger partial charge < -0.3 is 9.57 Å². The van der Waals surface area contributed by atoms with Crippen molar-refractivity contribution in [3.63, 3.8) is 0 Å². The van der Waals surface area contributed by atoms with Gasteiger partial charge in [-0.2, -0.15) is 5.10 Å². The minimum absolute atomic E-state index is 0.222. The van der Waals surface area contributed by atoms with Gasteiger partial charge in [-0.05, 0) is 43.7 Å². The van der Waals surface area contributed by atoms with Crippen LogP contribution in [0, 0.1) is 10.1 Å². The molecule has 0 bridgehead atoms. The van der Waals surface area contributed by atoms with Crippen molar-refractivity contribution in [2.45, 2.75) is 31.0 Å². The zero-order valence-corrected chi connectivity index (χ0v) is 18.0. The molecular formula is C21H23N3O6S. The van der Waals surface area contributed by atoms with E-state index in [1.807, 2.05) is 36.4 Å². The van der Waals surface area contributed by atoms with E-state index in [0.717, 1.165) is 16.9 Å². The van der Waals surface area contributed by atoms with Crippen LogP contribution in [0.2, 0.25) is 0 Å². The smallest absolute Gasteiger partial charge is 0.294 e. The van der Waals surface area contributed by atoms with Crippen LogP contribution in [-0.2, 0) is 26.0 Å². The molecule has 10 heteroatoms. The van der Waals surface area contributed by atoms with Crippen LogP contribution in [-0.4, -0.2) is 42.3 Å². The van der Waals surface area contributed by atoms with Crippen molar-refractivity contribution in [2.75, 3.05) is 12.9 Å². The molecule has 0 saturated heterocycles. The second-order valence-corrected chi connectivity index (χ2v) is 9.06. The van der Waals surface area contributed by atoms with Gasteiger partial charge in [-0.1, -0.05) is 30.3 Å². The molecule has 164 valence electrons. The number of hydrogen-bond donors (Lipinski definition) is 0. The van der Waals surface area contributed by atoms with Crippen LogP contribution in [0.3, 0.4) is 0 Å². The zero-order chi connectivity index (χ0) is 22.4. The van der Waals surface area contributed by atoms with Crippen molar-refractivity contribution >= 4 is 9.84 Å². The quantitative estimate of drug-likeness (QED) is 0.267. The second kappa shape index (κ2) is 9.71. The molecule has 2 aromatic carbocycles. The molecule has 31 heavy (non-hydrogen) atoms. The first kappa shape index (κ1) is 22.4. The third-order valence-corrected chi connectivity index (χ3v) is 5.65. The molecule has 0 N–H and O–H groups in total. The average molecular weight is 445 g/mol. The van der Waals surface area contributed by atoms with Gasteiger partial charge in [0, 0.05) is 18.4 Å². The Morgan fingerprint density at radius 1 is 1.13 bits per heavy atom. The van der Waals surface area contributed by atoms with Crippen LogP contribution in [0.1, 0.15) is 19.0 Å². The first-order valence-corrected chi connectivity index (χ1v) is 11.5. The van der Waals surface area contributed by atoms with Crippen LogP contribution in [0.5, 0.6) is 0 Å². The third-order valence-electron chi connectivity index (χ3n) is 4.52. The maximum atomic E-state index is 11.7. The van der Waals surface area contributed by atoms with E-state index in [9.17, 15) is 18.5 Å². The summed E-state index contributed by atoms with van der Waals surface area (Å²) in [7, 11) is -3.28. The highest BCUT2D eigenvalue weighted by atomic mass is 32.2. The molecule has 1 unspecified atom stereocenters. The lowest BCUT2D eigenvalue weighted by molar-refractivity contribution is -0.767. The number of aromatic nitrogens is 2. The van der Waals surface area contributed by atoms with E-state index in [0.29, 0.717) is 12.1 Å². The molecule has 0 amide bonds. The summed E-state index contributed by atoms with van der Waals surface area (Å²) in [6.45, 7) is 2.11. The molecule has 3 aromatic rings. The molecule has 0 fully saturated rings. The Labute approximate surface area is 180 Å². The van der Waals surface area contributed by atoms with Gasteiger partial charge >= 0.3 is 0 Å². The number of ether oxygens (including phenoxy) is 1. The Kier molecular flexibility index (Phi) is 7.03. The molecule has 0 spiro atoms. The van der Waals surface area contributed by atoms with Crippen molar-refractivity contribution in [1.82, 2.24) is 9.78 Å². The molecular weight excluding hydrogens is 422 g/mol. The molecule has 0 aliphatic carbocycles. The number of para-hydroxylation sites is 1. The Balaban J connectivity index is 1.80. The SMILES string of the molecule is CC(CCOCc1cc(-c2ccc(S(C)(=O)=O)cc2)n(-c2ccccc2)n1)O[N+](=O)[O-]. The van der Waals surface area contributed by atoms with Crippen molar-refractivity contribution in [1.29, 1.82) is 0 Å². The highest BCUT2D eigenvalue weighted by molar-refractivity contribution is 7.90. The summed E-state index contributed by atoms with van der Waals surface area (Å²) >= 11 is 0. The van der Waals surface area contributed by atoms with Gasteiger partial charge in [-0.25, -0.2) is 13.1 Å². The maximum absolute atomic E-state index is 11.7. The van der Waals surface area contributed by atoms with Crippen molar-refractivity contribution in [2.24, 2.45) is 0 Å². The van der Waals surface area contributed by atoms with Gasteiger partial charge in [0.2, 0.25) is 0 Å². The fourth-order valence-electron chi connectivity index (χ4n) is 2.97. The number of benzene rings is 2. The van der Waals surface area contributed by atoms with E-state index < -0.39 is 21.0 Å². The fourth-order valence-corrected chi connectivity index (χ4v) is 3.60. The zero-order valence-electron chi connectivity index (χ0n) is 17.2. The van der Waals surface area contributed by atoms with Crippen molar-refractivity contribution < 1.29 is 23.1 Å². The largest absolute Gasteiger partial charge is 0.375 e. The summed E-state index contributed by atoms with van der Waals surface area (Å²) in [5.74, 6) is 0. The van der Waals surface area contributed by atoms with Gasteiger partial charge in [-0.15, -0.1) is 10.1 Å². The average Bonchev–Trinajstić information content (AvgIpc) is 3.15. The molecule has 0 aliphatic rings. The highest BCUT2D eigenvalue weighted by Crippen LogP contribution is 2.26. The molecule has 9 nitrogen and oxygen atoms in total. The first-order valence-electron chi connectivity index (χ1n) is 9.58. The number of nitrogens with zero attached hydrogens (tertiary/aromatic N) is 3. The predicted octanol–water partition coefficient (Wildman–Crippen LogP) is 3.45. The number of rotatable bonds is 10. The lowest BCUT2D eigenvalue weighted by atomic mass is 10.1. The molecule has 0 radical (unpaired) electrons. The Morgan fingerprint density at radius 2 is 1.81 bits per heavy atom. The van der Waals surface area contributed by atoms with E-state index in [2.05, 4.69) is 9.94 Å². The van der Waals surface area contributed by atoms with E-state index in [4.69, 9.17) is 4.74 Å². The Hall–Kier alpha value is -3.24. The molecule has 1 aromatic heterocycles. The lowest BCUT2D eigenvalue weighted by Gasteiger charge is -2.08. The Bertz CT molecular complexity index is 1130. The Morgan fingerprint density at radius 3 is 2.42 bits per heavy atom. The van der Waals surface area contributed by atoms with E-state index in [1.54, 1.807) is 35.9 Å². The van der Waals surface area contributed by atoms with Crippen molar-refractivity contribution in [3.05, 3.63) is 76.5 Å². The van der Waals surface area contributed by atoms with Gasteiger partial charge in [0.15, 0.2) is 9.84 Å². The van der Waals surface area contributed by atoms with Crippen LogP contribution in [0.4, 0.5) is 0 Å². The molecule has 3 rings (SSSR count). The normalized spacial score (nSPS) is 12.5. The fraction of sp³-hybridized carbons (Fsp3) is 0.286. The summed E-state index contributed by atoms with van der Waals surface area (Å²) in [6, 6.07) is 18.1. The summed E-state index contributed by atoms with van der Waals surface area (Å²) in [6.07, 6.45) is 0.990. The van der Waals surface area contributed by atoms with E-state index >= 15 is 0 Å². The van der Waals surface area contributed by atoms with Crippen molar-refractivity contribution in [3.8, 4) is 16.9 Å². The first-order chi connectivity index (χ1) is 14.7. The van der Waals surface area contributed by atoms with Gasteiger partial charge in [0.25, 0.3) is 5.09 Å². The van der Waals surface area contributed by atoms with Crippen LogP contribution >= 0.6 is 0 Å². The van der Waals surface area contributed by atoms with Gasteiger partial charge in [0.1, 0.15) is 6.10 Å². The summed E-state index contributed by atoms with van der Waals surface area (Å²) in [4.78, 5) is 15.0. The number of sulfone groups is 1. The van der Waals surface area contributed by atoms with E-state index in [1.165, 1.54) is 6.26 Å². The molecule has 0 saturated carbocycles. The molecule has 0 aliphatic heterocycles.